The highest BCUT2D eigenvalue weighted by atomic mass is 35.5. The van der Waals surface area contributed by atoms with E-state index in [2.05, 4.69) is 0 Å². The number of rotatable bonds is 6. The van der Waals surface area contributed by atoms with Crippen molar-refractivity contribution in [2.24, 2.45) is 5.73 Å². The van der Waals surface area contributed by atoms with Crippen molar-refractivity contribution in [2.75, 3.05) is 6.61 Å². The van der Waals surface area contributed by atoms with Gasteiger partial charge in [-0.1, -0.05) is 11.6 Å². The Labute approximate surface area is 190 Å². The van der Waals surface area contributed by atoms with Gasteiger partial charge in [-0.3, -0.25) is 4.79 Å². The Morgan fingerprint density at radius 2 is 2.06 bits per heavy atom. The number of Topliss-reactive ketones (excluding diaryl/α,β-unsaturated/α-hetero) is 1. The molecule has 4 rings (SSSR count). The molecule has 1 aromatic heterocycles. The van der Waals surface area contributed by atoms with Crippen LogP contribution in [-0.2, 0) is 25.7 Å². The Morgan fingerprint density at radius 1 is 1.25 bits per heavy atom. The highest BCUT2D eigenvalue weighted by Gasteiger charge is 2.42. The Morgan fingerprint density at radius 3 is 2.81 bits per heavy atom. The summed E-state index contributed by atoms with van der Waals surface area (Å²) in [4.78, 5) is 25.5. The fourth-order valence-electron chi connectivity index (χ4n) is 3.94. The lowest BCUT2D eigenvalue weighted by molar-refractivity contribution is -0.139. The van der Waals surface area contributed by atoms with Crippen LogP contribution in [0, 0.1) is 6.92 Å². The van der Waals surface area contributed by atoms with Gasteiger partial charge in [0.15, 0.2) is 5.78 Å². The first-order chi connectivity index (χ1) is 15.4. The van der Waals surface area contributed by atoms with E-state index in [1.807, 2.05) is 13.0 Å². The molecule has 1 aliphatic carbocycles. The lowest BCUT2D eigenvalue weighted by Crippen LogP contribution is -2.31. The molecule has 8 heteroatoms. The van der Waals surface area contributed by atoms with E-state index in [-0.39, 0.29) is 30.5 Å². The molecular weight excluding hydrogens is 434 g/mol. The van der Waals surface area contributed by atoms with Crippen molar-refractivity contribution in [3.63, 3.8) is 0 Å². The number of hydrogen-bond donors (Lipinski definition) is 1. The quantitative estimate of drug-likeness (QED) is 0.628. The minimum atomic E-state index is -0.780. The predicted molar refractivity (Wildman–Crippen MR) is 117 cm³/mol. The lowest BCUT2D eigenvalue weighted by atomic mass is 9.79. The number of allylic oxidation sites excluding steroid dienone is 2. The summed E-state index contributed by atoms with van der Waals surface area (Å²) in [6, 6.07) is 8.85. The van der Waals surface area contributed by atoms with Crippen molar-refractivity contribution in [3.8, 4) is 5.75 Å². The van der Waals surface area contributed by atoms with Crippen LogP contribution < -0.4 is 10.5 Å². The second-order valence-corrected chi connectivity index (χ2v) is 8.06. The Kier molecular flexibility index (Phi) is 6.28. The molecule has 1 unspecified atom stereocenters. The molecule has 0 saturated carbocycles. The van der Waals surface area contributed by atoms with E-state index < -0.39 is 11.9 Å². The molecule has 32 heavy (non-hydrogen) atoms. The summed E-state index contributed by atoms with van der Waals surface area (Å²) < 4.78 is 22.7. The van der Waals surface area contributed by atoms with E-state index in [1.165, 1.54) is 0 Å². The second kappa shape index (κ2) is 9.12. The van der Waals surface area contributed by atoms with Crippen molar-refractivity contribution in [2.45, 2.75) is 45.6 Å². The van der Waals surface area contributed by atoms with Crippen LogP contribution in [0.25, 0.3) is 0 Å². The highest BCUT2D eigenvalue weighted by molar-refractivity contribution is 6.31. The Hall–Kier alpha value is -3.19. The van der Waals surface area contributed by atoms with Gasteiger partial charge in [0.2, 0.25) is 5.88 Å². The largest absolute Gasteiger partial charge is 0.486 e. The number of ether oxygens (including phenoxy) is 3. The summed E-state index contributed by atoms with van der Waals surface area (Å²) in [5.74, 6) is 0.522. The number of carbonyl (C=O) groups is 2. The molecule has 2 aliphatic rings. The van der Waals surface area contributed by atoms with Gasteiger partial charge >= 0.3 is 5.97 Å². The van der Waals surface area contributed by atoms with E-state index in [9.17, 15) is 9.59 Å². The number of halogens is 1. The fraction of sp³-hybridized carbons (Fsp3) is 0.333. The van der Waals surface area contributed by atoms with Crippen LogP contribution in [0.4, 0.5) is 0 Å². The third-order valence-corrected chi connectivity index (χ3v) is 5.88. The highest BCUT2D eigenvalue weighted by Crippen LogP contribution is 2.44. The number of benzene rings is 1. The standard InChI is InChI=1S/C24H24ClNO6/c1-3-29-24(28)22-21(20-17(27)5-4-6-18(20)32-23(22)26)19-10-8-15(31-19)12-30-14-7-9-16(25)13(2)11-14/h7-11,21H,3-6,12,26H2,1-2H3. The zero-order valence-electron chi connectivity index (χ0n) is 17.9. The van der Waals surface area contributed by atoms with Gasteiger partial charge in [-0.05, 0) is 56.2 Å². The number of aryl methyl sites for hydroxylation is 1. The number of ketones is 1. The van der Waals surface area contributed by atoms with Crippen LogP contribution in [0.2, 0.25) is 5.02 Å². The molecule has 0 saturated heterocycles. The molecule has 2 aromatic rings. The number of hydrogen-bond acceptors (Lipinski definition) is 7. The zero-order chi connectivity index (χ0) is 22.8. The number of nitrogens with two attached hydrogens (primary N) is 1. The topological polar surface area (TPSA) is 101 Å². The molecule has 2 N–H and O–H groups in total. The van der Waals surface area contributed by atoms with E-state index in [0.717, 1.165) is 5.56 Å². The summed E-state index contributed by atoms with van der Waals surface area (Å²) in [7, 11) is 0. The molecule has 0 radical (unpaired) electrons. The number of esters is 1. The SMILES string of the molecule is CCOC(=O)C1=C(N)OC2=C(C(=O)CCC2)C1c1ccc(COc2ccc(Cl)c(C)c2)o1. The van der Waals surface area contributed by atoms with Gasteiger partial charge in [0.05, 0.1) is 12.5 Å². The van der Waals surface area contributed by atoms with E-state index in [0.29, 0.717) is 52.9 Å². The van der Waals surface area contributed by atoms with Crippen LogP contribution in [0.15, 0.2) is 57.5 Å². The summed E-state index contributed by atoms with van der Waals surface area (Å²) in [5.41, 5.74) is 7.48. The van der Waals surface area contributed by atoms with Gasteiger partial charge in [0.1, 0.15) is 35.2 Å². The van der Waals surface area contributed by atoms with Crippen molar-refractivity contribution < 1.29 is 28.2 Å². The van der Waals surface area contributed by atoms with Crippen LogP contribution in [0.1, 0.15) is 49.2 Å². The van der Waals surface area contributed by atoms with Gasteiger partial charge in [0, 0.05) is 23.4 Å². The summed E-state index contributed by atoms with van der Waals surface area (Å²) in [6.45, 7) is 3.92. The van der Waals surface area contributed by atoms with E-state index in [1.54, 1.807) is 31.2 Å². The van der Waals surface area contributed by atoms with Crippen molar-refractivity contribution in [1.82, 2.24) is 0 Å². The van der Waals surface area contributed by atoms with Gasteiger partial charge in [-0.15, -0.1) is 0 Å². The molecule has 7 nitrogen and oxygen atoms in total. The van der Waals surface area contributed by atoms with Crippen LogP contribution in [0.3, 0.4) is 0 Å². The van der Waals surface area contributed by atoms with Gasteiger partial charge < -0.3 is 24.4 Å². The Balaban J connectivity index is 1.64. The van der Waals surface area contributed by atoms with Crippen molar-refractivity contribution in [3.05, 3.63) is 75.2 Å². The molecule has 168 valence electrons. The molecule has 1 aromatic carbocycles. The first kappa shape index (κ1) is 22.0. The fourth-order valence-corrected chi connectivity index (χ4v) is 4.05. The average molecular weight is 458 g/mol. The first-order valence-corrected chi connectivity index (χ1v) is 10.8. The van der Waals surface area contributed by atoms with Crippen molar-refractivity contribution in [1.29, 1.82) is 0 Å². The van der Waals surface area contributed by atoms with Gasteiger partial charge in [-0.25, -0.2) is 4.79 Å². The Bertz CT molecular complexity index is 1130. The third-order valence-electron chi connectivity index (χ3n) is 5.46. The second-order valence-electron chi connectivity index (χ2n) is 7.65. The maximum absolute atomic E-state index is 12.8. The molecular formula is C24H24ClNO6. The van der Waals surface area contributed by atoms with E-state index >= 15 is 0 Å². The normalized spacial score (nSPS) is 18.3. The summed E-state index contributed by atoms with van der Waals surface area (Å²) in [5, 5.41) is 0.661. The minimum Gasteiger partial charge on any atom is -0.486 e. The molecule has 0 spiro atoms. The maximum Gasteiger partial charge on any atom is 0.340 e. The van der Waals surface area contributed by atoms with Gasteiger partial charge in [0.25, 0.3) is 0 Å². The monoisotopic (exact) mass is 457 g/mol. The number of carbonyl (C=O) groups excluding carboxylic acids is 2. The molecule has 0 amide bonds. The first-order valence-electron chi connectivity index (χ1n) is 10.5. The lowest BCUT2D eigenvalue weighted by Gasteiger charge is -2.31. The average Bonchev–Trinajstić information content (AvgIpc) is 3.22. The molecule has 1 aliphatic heterocycles. The van der Waals surface area contributed by atoms with Crippen molar-refractivity contribution >= 4 is 23.4 Å². The summed E-state index contributed by atoms with van der Waals surface area (Å²) in [6.07, 6.45) is 1.62. The minimum absolute atomic E-state index is 0.0623. The zero-order valence-corrected chi connectivity index (χ0v) is 18.7. The smallest absolute Gasteiger partial charge is 0.340 e. The molecule has 0 fully saturated rings. The maximum atomic E-state index is 12.8. The third kappa shape index (κ3) is 4.25. The van der Waals surface area contributed by atoms with Crippen LogP contribution in [0.5, 0.6) is 5.75 Å². The molecule has 1 atom stereocenters. The molecule has 0 bridgehead atoms. The van der Waals surface area contributed by atoms with Crippen LogP contribution in [-0.4, -0.2) is 18.4 Å². The van der Waals surface area contributed by atoms with E-state index in [4.69, 9.17) is 36.0 Å². The summed E-state index contributed by atoms with van der Waals surface area (Å²) >= 11 is 6.06. The number of furan rings is 1. The predicted octanol–water partition coefficient (Wildman–Crippen LogP) is 4.67. The van der Waals surface area contributed by atoms with Crippen LogP contribution >= 0.6 is 11.6 Å². The van der Waals surface area contributed by atoms with Gasteiger partial charge in [-0.2, -0.15) is 0 Å². The molecule has 2 heterocycles.